The molecule has 1 aliphatic heterocycles. The Balaban J connectivity index is 2.25. The van der Waals surface area contributed by atoms with Gasteiger partial charge in [-0.2, -0.15) is 0 Å². The number of carbonyl (C=O) groups excluding carboxylic acids is 1. The van der Waals surface area contributed by atoms with E-state index < -0.39 is 0 Å². The van der Waals surface area contributed by atoms with E-state index in [9.17, 15) is 4.79 Å². The van der Waals surface area contributed by atoms with Gasteiger partial charge in [0.15, 0.2) is 0 Å². The van der Waals surface area contributed by atoms with Gasteiger partial charge in [-0.25, -0.2) is 0 Å². The Labute approximate surface area is 74.3 Å². The molecule has 0 spiro atoms. The maximum Gasteiger partial charge on any atom is 0.309 e. The highest BCUT2D eigenvalue weighted by Gasteiger charge is 2.32. The van der Waals surface area contributed by atoms with E-state index in [1.807, 2.05) is 0 Å². The molecule has 0 N–H and O–H groups in total. The second kappa shape index (κ2) is 4.48. The summed E-state index contributed by atoms with van der Waals surface area (Å²) in [5, 5.41) is 0. The molecule has 0 radical (unpaired) electrons. The molecule has 0 unspecified atom stereocenters. The van der Waals surface area contributed by atoms with E-state index in [1.165, 1.54) is 19.3 Å². The third kappa shape index (κ3) is 2.23. The van der Waals surface area contributed by atoms with Crippen molar-refractivity contribution in [3.8, 4) is 0 Å². The van der Waals surface area contributed by atoms with Crippen molar-refractivity contribution in [2.24, 2.45) is 11.8 Å². The Bertz CT molecular complexity index is 154. The van der Waals surface area contributed by atoms with Gasteiger partial charge in [-0.05, 0) is 6.42 Å². The number of esters is 1. The average molecular weight is 170 g/mol. The monoisotopic (exact) mass is 170 g/mol. The summed E-state index contributed by atoms with van der Waals surface area (Å²) in [6, 6.07) is 0. The summed E-state index contributed by atoms with van der Waals surface area (Å²) in [6.07, 6.45) is 4.64. The molecular formula is C10H18O2. The van der Waals surface area contributed by atoms with E-state index in [0.717, 1.165) is 6.42 Å². The third-order valence-electron chi connectivity index (χ3n) is 2.60. The van der Waals surface area contributed by atoms with Crippen LogP contribution in [0.15, 0.2) is 0 Å². The smallest absolute Gasteiger partial charge is 0.309 e. The molecule has 1 aliphatic rings. The van der Waals surface area contributed by atoms with Gasteiger partial charge in [0.05, 0.1) is 12.5 Å². The van der Waals surface area contributed by atoms with Crippen LogP contribution in [0.1, 0.15) is 39.5 Å². The highest BCUT2D eigenvalue weighted by molar-refractivity contribution is 5.74. The first-order valence-electron chi connectivity index (χ1n) is 4.92. The van der Waals surface area contributed by atoms with E-state index >= 15 is 0 Å². The quantitative estimate of drug-likeness (QED) is 0.478. The van der Waals surface area contributed by atoms with Crippen LogP contribution in [0, 0.1) is 11.8 Å². The zero-order valence-corrected chi connectivity index (χ0v) is 8.01. The fraction of sp³-hybridized carbons (Fsp3) is 0.900. The standard InChI is InChI=1S/C10H18O2/c1-3-4-5-6-9-8(2)7-12-10(9)11/h8-9H,3-7H2,1-2H3/t8-,9+/m1/s1. The van der Waals surface area contributed by atoms with Crippen LogP contribution in [0.4, 0.5) is 0 Å². The van der Waals surface area contributed by atoms with Crippen molar-refractivity contribution >= 4 is 5.97 Å². The number of carbonyl (C=O) groups is 1. The molecular weight excluding hydrogens is 152 g/mol. The molecule has 0 amide bonds. The van der Waals surface area contributed by atoms with Crippen LogP contribution in [0.25, 0.3) is 0 Å². The van der Waals surface area contributed by atoms with Crippen molar-refractivity contribution < 1.29 is 9.53 Å². The normalized spacial score (nSPS) is 29.0. The van der Waals surface area contributed by atoms with Crippen LogP contribution in [0.5, 0.6) is 0 Å². The van der Waals surface area contributed by atoms with Crippen molar-refractivity contribution in [3.05, 3.63) is 0 Å². The predicted molar refractivity (Wildman–Crippen MR) is 47.8 cm³/mol. The van der Waals surface area contributed by atoms with Gasteiger partial charge in [-0.15, -0.1) is 0 Å². The lowest BCUT2D eigenvalue weighted by Crippen LogP contribution is -2.13. The second-order valence-corrected chi connectivity index (χ2v) is 3.71. The van der Waals surface area contributed by atoms with Crippen molar-refractivity contribution in [3.63, 3.8) is 0 Å². The van der Waals surface area contributed by atoms with Crippen LogP contribution < -0.4 is 0 Å². The number of rotatable bonds is 4. The lowest BCUT2D eigenvalue weighted by molar-refractivity contribution is -0.141. The molecule has 70 valence electrons. The highest BCUT2D eigenvalue weighted by atomic mass is 16.5. The van der Waals surface area contributed by atoms with Crippen molar-refractivity contribution in [2.75, 3.05) is 6.61 Å². The minimum atomic E-state index is 0.0265. The van der Waals surface area contributed by atoms with Crippen molar-refractivity contribution in [1.82, 2.24) is 0 Å². The third-order valence-corrected chi connectivity index (χ3v) is 2.60. The molecule has 1 heterocycles. The first-order chi connectivity index (χ1) is 5.75. The van der Waals surface area contributed by atoms with Gasteiger partial charge in [-0.1, -0.05) is 33.1 Å². The molecule has 0 saturated carbocycles. The molecule has 1 rings (SSSR count). The Morgan fingerprint density at radius 3 is 2.75 bits per heavy atom. The van der Waals surface area contributed by atoms with Crippen LogP contribution in [0.2, 0.25) is 0 Å². The van der Waals surface area contributed by atoms with Crippen LogP contribution in [-0.2, 0) is 9.53 Å². The summed E-state index contributed by atoms with van der Waals surface area (Å²) < 4.78 is 4.97. The second-order valence-electron chi connectivity index (χ2n) is 3.71. The zero-order valence-electron chi connectivity index (χ0n) is 8.01. The fourth-order valence-electron chi connectivity index (χ4n) is 1.69. The Morgan fingerprint density at radius 2 is 2.25 bits per heavy atom. The maximum absolute atomic E-state index is 11.2. The van der Waals surface area contributed by atoms with E-state index in [-0.39, 0.29) is 11.9 Å². The summed E-state index contributed by atoms with van der Waals surface area (Å²) in [5.41, 5.74) is 0. The number of hydrogen-bond acceptors (Lipinski definition) is 2. The SMILES string of the molecule is CCCCC[C@@H]1C(=O)OC[C@H]1C. The highest BCUT2D eigenvalue weighted by Crippen LogP contribution is 2.26. The number of ether oxygens (including phenoxy) is 1. The number of cyclic esters (lactones) is 1. The van der Waals surface area contributed by atoms with E-state index in [4.69, 9.17) is 4.74 Å². The number of unbranched alkanes of at least 4 members (excludes halogenated alkanes) is 2. The molecule has 0 aromatic carbocycles. The molecule has 2 nitrogen and oxygen atoms in total. The summed E-state index contributed by atoms with van der Waals surface area (Å²) in [4.78, 5) is 11.2. The fourth-order valence-corrected chi connectivity index (χ4v) is 1.69. The van der Waals surface area contributed by atoms with Crippen molar-refractivity contribution in [2.45, 2.75) is 39.5 Å². The molecule has 1 saturated heterocycles. The largest absolute Gasteiger partial charge is 0.465 e. The molecule has 1 fully saturated rings. The molecule has 0 bridgehead atoms. The number of hydrogen-bond donors (Lipinski definition) is 0. The Morgan fingerprint density at radius 1 is 1.50 bits per heavy atom. The van der Waals surface area contributed by atoms with Crippen molar-refractivity contribution in [1.29, 1.82) is 0 Å². The predicted octanol–water partition coefficient (Wildman–Crippen LogP) is 2.38. The lowest BCUT2D eigenvalue weighted by Gasteiger charge is -2.08. The van der Waals surface area contributed by atoms with Gasteiger partial charge in [0.25, 0.3) is 0 Å². The minimum Gasteiger partial charge on any atom is -0.465 e. The zero-order chi connectivity index (χ0) is 8.97. The Hall–Kier alpha value is -0.530. The van der Waals surface area contributed by atoms with E-state index in [2.05, 4.69) is 13.8 Å². The summed E-state index contributed by atoms with van der Waals surface area (Å²) in [6.45, 7) is 4.91. The van der Waals surface area contributed by atoms with Gasteiger partial charge in [0.1, 0.15) is 0 Å². The molecule has 0 aromatic heterocycles. The summed E-state index contributed by atoms with van der Waals surface area (Å²) in [7, 11) is 0. The van der Waals surface area contributed by atoms with Crippen LogP contribution in [-0.4, -0.2) is 12.6 Å². The minimum absolute atomic E-state index is 0.0265. The van der Waals surface area contributed by atoms with E-state index in [1.54, 1.807) is 0 Å². The van der Waals surface area contributed by atoms with Gasteiger partial charge in [-0.3, -0.25) is 4.79 Å². The van der Waals surface area contributed by atoms with Gasteiger partial charge in [0, 0.05) is 5.92 Å². The van der Waals surface area contributed by atoms with Gasteiger partial charge >= 0.3 is 5.97 Å². The molecule has 2 atom stereocenters. The first kappa shape index (κ1) is 9.56. The lowest BCUT2D eigenvalue weighted by atomic mass is 9.92. The van der Waals surface area contributed by atoms with Crippen LogP contribution >= 0.6 is 0 Å². The topological polar surface area (TPSA) is 26.3 Å². The molecule has 0 aliphatic carbocycles. The molecule has 0 aromatic rings. The average Bonchev–Trinajstić information content (AvgIpc) is 2.35. The molecule has 2 heteroatoms. The summed E-state index contributed by atoms with van der Waals surface area (Å²) in [5.74, 6) is 0.657. The first-order valence-corrected chi connectivity index (χ1v) is 4.92. The van der Waals surface area contributed by atoms with Crippen LogP contribution in [0.3, 0.4) is 0 Å². The molecule has 12 heavy (non-hydrogen) atoms. The van der Waals surface area contributed by atoms with Gasteiger partial charge in [0.2, 0.25) is 0 Å². The Kier molecular flexibility index (Phi) is 3.57. The van der Waals surface area contributed by atoms with Gasteiger partial charge < -0.3 is 4.74 Å². The van der Waals surface area contributed by atoms with E-state index in [0.29, 0.717) is 12.5 Å². The summed E-state index contributed by atoms with van der Waals surface area (Å²) >= 11 is 0. The maximum atomic E-state index is 11.2.